The van der Waals surface area contributed by atoms with E-state index < -0.39 is 31.0 Å². The number of nitrogens with one attached hydrogen (secondary N) is 2. The second-order valence-corrected chi connectivity index (χ2v) is 21.8. The van der Waals surface area contributed by atoms with Crippen molar-refractivity contribution >= 4 is 96.0 Å². The molecule has 1 aliphatic carbocycles. The van der Waals surface area contributed by atoms with E-state index in [4.69, 9.17) is 34.3 Å². The average molecular weight is 1270 g/mol. The van der Waals surface area contributed by atoms with Gasteiger partial charge in [-0.2, -0.15) is 0 Å². The van der Waals surface area contributed by atoms with Crippen LogP contribution in [0.15, 0.2) is 158 Å². The number of H-pyrrole nitrogens is 2. The molecule has 0 saturated heterocycles. The third kappa shape index (κ3) is 8.56. The van der Waals surface area contributed by atoms with E-state index in [2.05, 4.69) is 41.8 Å². The van der Waals surface area contributed by atoms with Gasteiger partial charge in [0.05, 0.1) is 0 Å². The van der Waals surface area contributed by atoms with E-state index >= 15 is 0 Å². The number of carbonyl (C=O) groups is 1. The summed E-state index contributed by atoms with van der Waals surface area (Å²) in [7, 11) is 0. The Hall–Kier alpha value is -5.50. The van der Waals surface area contributed by atoms with Gasteiger partial charge in [-0.15, -0.1) is 0 Å². The number of carboxylic acid groups (broad SMARTS) is 1. The smallest absolute Gasteiger partial charge is 0.324 e. The number of fused-ring (bicyclic) bond motifs is 22. The van der Waals surface area contributed by atoms with Gasteiger partial charge < -0.3 is 9.97 Å². The number of rotatable bonds is 3. The molecule has 6 heterocycles. The van der Waals surface area contributed by atoms with Crippen molar-refractivity contribution in [3.63, 3.8) is 0 Å². The van der Waals surface area contributed by atoms with Crippen LogP contribution in [0, 0.1) is 0 Å². The van der Waals surface area contributed by atoms with Gasteiger partial charge in [0.25, 0.3) is 0 Å². The summed E-state index contributed by atoms with van der Waals surface area (Å²) in [4.78, 5) is 60.7. The summed E-state index contributed by atoms with van der Waals surface area (Å²) in [5, 5.41) is 28.5. The Morgan fingerprint density at radius 1 is 0.535 bits per heavy atom. The van der Waals surface area contributed by atoms with E-state index in [-0.39, 0.29) is 99.2 Å². The van der Waals surface area contributed by atoms with Crippen molar-refractivity contribution < 1.29 is 107 Å². The van der Waals surface area contributed by atoms with Gasteiger partial charge in [-0.25, -0.2) is 29.9 Å². The summed E-state index contributed by atoms with van der Waals surface area (Å²) in [5.41, 5.74) is 7.59. The van der Waals surface area contributed by atoms with Crippen molar-refractivity contribution in [2.24, 2.45) is 0 Å². The van der Waals surface area contributed by atoms with Gasteiger partial charge in [0.1, 0.15) is 22.6 Å². The standard InChI is InChI=1S/C32H18N8.C20H9Br2O5.Hg.2Na.H2O/c1-2-10-18-17(9-1)25-33-26(18)38-28-21-13-5-6-14-22(21)30(35-28)40-32-24-16-8-7-15-23(24)31(36-32)39-29-20-12-4-3-11-19(20)27(34-29)37-25;21-13-5-11-17(7-15(13)23)27-18-8-16(24)14(22)6-12(18)19(11)9-3-1-2-4-10(9)20(25)26;;;;/h1-16H,(H2,33,34,35,36,37,38,39,40);1-7,24H,(H,25,26);;;;1H2/q;;3*+1;/p-3. The van der Waals surface area contributed by atoms with Crippen molar-refractivity contribution in [1.82, 2.24) is 39.9 Å². The number of hydrogen-bond acceptors (Lipinski definition) is 12. The number of carboxylic acids is 1. The second-order valence-electron chi connectivity index (χ2n) is 16.1. The molecule has 0 spiro atoms. The van der Waals surface area contributed by atoms with Crippen LogP contribution in [0.5, 0.6) is 5.75 Å². The maximum atomic E-state index is 12.5. The van der Waals surface area contributed by atoms with Gasteiger partial charge in [-0.3, -0.25) is 0 Å². The number of aromatic amines is 2. The first-order valence-electron chi connectivity index (χ1n) is 21.3. The fraction of sp³-hybridized carbons (Fsp3) is 0. The predicted octanol–water partition coefficient (Wildman–Crippen LogP) is 3.02. The molecule has 71 heavy (non-hydrogen) atoms. The van der Waals surface area contributed by atoms with Gasteiger partial charge in [-0.1, -0.05) is 97.1 Å². The Labute approximate surface area is 475 Å². The summed E-state index contributed by atoms with van der Waals surface area (Å²) in [6.45, 7) is 0. The molecular weight excluding hydrogens is 1240 g/mol. The van der Waals surface area contributed by atoms with E-state index in [9.17, 15) is 22.8 Å². The van der Waals surface area contributed by atoms with Gasteiger partial charge in [0.2, 0.25) is 0 Å². The van der Waals surface area contributed by atoms with E-state index in [1.54, 1.807) is 30.3 Å². The Balaban J connectivity index is 0.000000168. The molecule has 0 fully saturated rings. The largest absolute Gasteiger partial charge is 1.00 e. The van der Waals surface area contributed by atoms with E-state index in [0.29, 0.717) is 68.0 Å². The topological polar surface area (TPSA) is 223 Å². The Bertz CT molecular complexity index is 3910. The molecule has 9 aromatic rings. The number of carbonyl (C=O) groups excluding carboxylic acids is 1. The maximum absolute atomic E-state index is 12.5. The molecule has 14 nitrogen and oxygen atoms in total. The predicted molar refractivity (Wildman–Crippen MR) is 262 cm³/mol. The first-order chi connectivity index (χ1) is 33.6. The van der Waals surface area contributed by atoms with Crippen molar-refractivity contribution in [3.8, 4) is 73.8 Å². The van der Waals surface area contributed by atoms with Crippen molar-refractivity contribution in [3.05, 3.63) is 164 Å². The number of halogens is 2. The minimum absolute atomic E-state index is 0. The van der Waals surface area contributed by atoms with Crippen LogP contribution >= 0.6 is 31.9 Å². The minimum atomic E-state index is -2.75. The van der Waals surface area contributed by atoms with Crippen LogP contribution in [0.4, 0.5) is 0 Å². The van der Waals surface area contributed by atoms with Crippen molar-refractivity contribution in [2.75, 3.05) is 0 Å². The van der Waals surface area contributed by atoms with Crippen LogP contribution in [0.1, 0.15) is 10.4 Å². The average Bonchev–Trinajstić information content (AvgIpc) is 4.11. The Morgan fingerprint density at radius 2 is 0.944 bits per heavy atom. The molecule has 3 N–H and O–H groups in total. The van der Waals surface area contributed by atoms with Gasteiger partial charge in [-0.05, 0) is 0 Å². The van der Waals surface area contributed by atoms with Crippen molar-refractivity contribution in [1.29, 1.82) is 0 Å². The summed E-state index contributed by atoms with van der Waals surface area (Å²) in [6.07, 6.45) is 0. The molecule has 328 valence electrons. The quantitative estimate of drug-likeness (QED) is 0.172. The van der Waals surface area contributed by atoms with Crippen LogP contribution < -0.4 is 77.8 Å². The van der Waals surface area contributed by atoms with Crippen LogP contribution in [0.3, 0.4) is 0 Å². The molecule has 0 atom stereocenters. The van der Waals surface area contributed by atoms with E-state index in [1.165, 1.54) is 12.1 Å². The molecule has 0 saturated carbocycles. The second kappa shape index (κ2) is 19.8. The zero-order valence-electron chi connectivity index (χ0n) is 37.4. The van der Waals surface area contributed by atoms with E-state index in [0.717, 1.165) is 43.8 Å². The third-order valence-electron chi connectivity index (χ3n) is 12.1. The summed E-state index contributed by atoms with van der Waals surface area (Å²) < 4.78 is 16.6. The molecule has 0 unspecified atom stereocenters. The molecule has 3 aliphatic heterocycles. The first-order valence-corrected chi connectivity index (χ1v) is 28.1. The van der Waals surface area contributed by atoms with Gasteiger partial charge in [0.15, 0.2) is 23.3 Å². The fourth-order valence-corrected chi connectivity index (χ4v) is 13.6. The molecule has 6 aromatic carbocycles. The fourth-order valence-electron chi connectivity index (χ4n) is 8.94. The summed E-state index contributed by atoms with van der Waals surface area (Å²) >= 11 is 3.71. The zero-order valence-corrected chi connectivity index (χ0v) is 50.1. The number of aromatic carboxylic acids is 1. The normalized spacial score (nSPS) is 11.3. The number of benzene rings is 7. The van der Waals surface area contributed by atoms with Gasteiger partial charge in [0, 0.05) is 43.8 Å². The molecular formula is C52H26Br2HgN8Na2O6. The third-order valence-corrected chi connectivity index (χ3v) is 17.0. The van der Waals surface area contributed by atoms with Crippen LogP contribution in [-0.4, -0.2) is 48.9 Å². The van der Waals surface area contributed by atoms with Crippen LogP contribution in [0.25, 0.3) is 123 Å². The van der Waals surface area contributed by atoms with Crippen LogP contribution in [0.2, 0.25) is 0 Å². The van der Waals surface area contributed by atoms with Crippen LogP contribution in [-0.2, 0) is 25.0 Å². The molecule has 0 amide bonds. The molecule has 4 aliphatic rings. The number of aromatic nitrogens is 8. The molecule has 8 bridgehead atoms. The number of hydrogen-bond donors (Lipinski definition) is 3. The van der Waals surface area contributed by atoms with Gasteiger partial charge >= 0.3 is 254 Å². The molecule has 13 rings (SSSR count). The monoisotopic (exact) mass is 1260 g/mol. The first kappa shape index (κ1) is 49.1. The zero-order chi connectivity index (χ0) is 47.1. The Morgan fingerprint density at radius 3 is 1.37 bits per heavy atom. The van der Waals surface area contributed by atoms with Crippen molar-refractivity contribution in [2.45, 2.75) is 0 Å². The number of nitrogens with zero attached hydrogens (tertiary/aromatic N) is 6. The molecule has 19 heteroatoms. The molecule has 3 aromatic heterocycles. The Kier molecular flexibility index (Phi) is 13.7. The summed E-state index contributed by atoms with van der Waals surface area (Å²) in [6, 6.07) is 42.9. The SMILES string of the molecule is O=C([O-])c1ccccc1-c1c2cc(Br)c(=O)cc-2oc2[c]([Hg][OH])c([O-])c(Br)cc12.[Na+].[Na+].c1ccc2c(c1)-c1nc-2nc2[nH]c(nc3nc(nc4[nH]c(n1)c1ccccc41)-c1ccccc1-3)c1ccccc21. The maximum Gasteiger partial charge on any atom is 1.00 e. The summed E-state index contributed by atoms with van der Waals surface area (Å²) in [5.74, 6) is 0.867. The van der Waals surface area contributed by atoms with E-state index in [1.807, 2.05) is 97.1 Å². The minimum Gasteiger partial charge on any atom is -0.324 e. The molecule has 0 radical (unpaired) electrons.